The van der Waals surface area contributed by atoms with Gasteiger partial charge in [0, 0.05) is 11.8 Å². The van der Waals surface area contributed by atoms with Crippen LogP contribution in [-0.4, -0.2) is 11.3 Å². The molecule has 0 saturated heterocycles. The summed E-state index contributed by atoms with van der Waals surface area (Å²) in [5.41, 5.74) is -1.61. The molecule has 2 rings (SSSR count). The van der Waals surface area contributed by atoms with Crippen molar-refractivity contribution in [3.8, 4) is 17.0 Å². The van der Waals surface area contributed by atoms with Gasteiger partial charge in [-0.3, -0.25) is 4.98 Å². The molecule has 8 heteroatoms. The first-order valence-electron chi connectivity index (χ1n) is 5.55. The third-order valence-electron chi connectivity index (χ3n) is 2.45. The summed E-state index contributed by atoms with van der Waals surface area (Å²) in [6.07, 6.45) is -8.46. The van der Waals surface area contributed by atoms with Gasteiger partial charge in [0.2, 0.25) is 0 Å². The third-order valence-corrected chi connectivity index (χ3v) is 2.45. The fourth-order valence-corrected chi connectivity index (χ4v) is 1.70. The molecule has 0 aliphatic rings. The zero-order valence-electron chi connectivity index (χ0n) is 10.2. The maximum absolute atomic E-state index is 12.9. The molecule has 0 amide bonds. The second-order valence-electron chi connectivity index (χ2n) is 3.97. The van der Waals surface area contributed by atoms with E-state index in [0.717, 1.165) is 36.5 Å². The van der Waals surface area contributed by atoms with E-state index in [2.05, 4.69) is 9.72 Å². The number of hydrogen-bond donors (Lipinski definition) is 0. The number of benzene rings is 1. The van der Waals surface area contributed by atoms with Gasteiger partial charge < -0.3 is 4.74 Å². The number of pyridine rings is 1. The fraction of sp³-hybridized carbons (Fsp3) is 0.154. The summed E-state index contributed by atoms with van der Waals surface area (Å²) in [4.78, 5) is 3.60. The first-order valence-corrected chi connectivity index (χ1v) is 5.55. The quantitative estimate of drug-likeness (QED) is 0.752. The number of aromatic nitrogens is 1. The Bertz CT molecular complexity index is 635. The van der Waals surface area contributed by atoms with Gasteiger partial charge in [0.05, 0.1) is 11.3 Å². The Balaban J connectivity index is 2.46. The Morgan fingerprint density at radius 1 is 0.905 bits per heavy atom. The van der Waals surface area contributed by atoms with Crippen molar-refractivity contribution in [1.82, 2.24) is 4.98 Å². The van der Waals surface area contributed by atoms with Crippen molar-refractivity contribution < 1.29 is 31.1 Å². The maximum atomic E-state index is 12.9. The number of ether oxygens (including phenoxy) is 1. The summed E-state index contributed by atoms with van der Waals surface area (Å²) in [7, 11) is 0. The molecule has 0 aliphatic heterocycles. The van der Waals surface area contributed by atoms with E-state index in [1.807, 2.05) is 0 Å². The van der Waals surface area contributed by atoms with Gasteiger partial charge >= 0.3 is 12.5 Å². The van der Waals surface area contributed by atoms with E-state index in [1.54, 1.807) is 0 Å². The lowest BCUT2D eigenvalue weighted by Gasteiger charge is -2.13. The van der Waals surface area contributed by atoms with Crippen LogP contribution in [0.15, 0.2) is 42.6 Å². The molecule has 0 radical (unpaired) electrons. The molecule has 21 heavy (non-hydrogen) atoms. The standard InChI is InChI=1S/C13H7F6NO/c14-12(15,16)10-5-2-6-20-11(10)8-3-1-4-9(7-8)21-13(17,18)19/h1-7H. The molecule has 112 valence electrons. The van der Waals surface area contributed by atoms with E-state index in [0.29, 0.717) is 0 Å². The number of alkyl halides is 6. The van der Waals surface area contributed by atoms with Crippen LogP contribution in [0.1, 0.15) is 5.56 Å². The molecule has 1 aromatic heterocycles. The predicted molar refractivity (Wildman–Crippen MR) is 61.4 cm³/mol. The highest BCUT2D eigenvalue weighted by molar-refractivity contribution is 5.65. The minimum absolute atomic E-state index is 0.121. The minimum atomic E-state index is -4.92. The number of halogens is 6. The Hall–Kier alpha value is -2.25. The Kier molecular flexibility index (Phi) is 3.80. The highest BCUT2D eigenvalue weighted by Crippen LogP contribution is 2.36. The SMILES string of the molecule is FC(F)(F)Oc1cccc(-c2ncccc2C(F)(F)F)c1. The summed E-state index contributed by atoms with van der Waals surface area (Å²) in [6.45, 7) is 0. The van der Waals surface area contributed by atoms with Crippen LogP contribution in [0.25, 0.3) is 11.3 Å². The van der Waals surface area contributed by atoms with Crippen LogP contribution < -0.4 is 4.74 Å². The maximum Gasteiger partial charge on any atom is 0.573 e. The van der Waals surface area contributed by atoms with Gasteiger partial charge in [-0.05, 0) is 24.3 Å². The monoisotopic (exact) mass is 307 g/mol. The van der Waals surface area contributed by atoms with Crippen LogP contribution >= 0.6 is 0 Å². The zero-order chi connectivity index (χ0) is 15.7. The molecule has 0 N–H and O–H groups in total. The second kappa shape index (κ2) is 5.27. The van der Waals surface area contributed by atoms with E-state index in [4.69, 9.17) is 0 Å². The van der Waals surface area contributed by atoms with Crippen molar-refractivity contribution in [2.45, 2.75) is 12.5 Å². The second-order valence-corrected chi connectivity index (χ2v) is 3.97. The van der Waals surface area contributed by atoms with E-state index in [9.17, 15) is 26.3 Å². The Morgan fingerprint density at radius 2 is 1.62 bits per heavy atom. The van der Waals surface area contributed by atoms with Crippen molar-refractivity contribution in [3.63, 3.8) is 0 Å². The summed E-state index contributed by atoms with van der Waals surface area (Å²) >= 11 is 0. The van der Waals surface area contributed by atoms with Crippen molar-refractivity contribution in [3.05, 3.63) is 48.2 Å². The van der Waals surface area contributed by atoms with Crippen LogP contribution in [-0.2, 0) is 6.18 Å². The van der Waals surface area contributed by atoms with Gasteiger partial charge in [-0.25, -0.2) is 0 Å². The molecule has 2 aromatic rings. The van der Waals surface area contributed by atoms with Gasteiger partial charge in [0.15, 0.2) is 0 Å². The molecule has 0 saturated carbocycles. The van der Waals surface area contributed by atoms with Gasteiger partial charge in [0.25, 0.3) is 0 Å². The van der Waals surface area contributed by atoms with Gasteiger partial charge in [-0.1, -0.05) is 12.1 Å². The van der Waals surface area contributed by atoms with Crippen LogP contribution in [0.3, 0.4) is 0 Å². The van der Waals surface area contributed by atoms with Crippen LogP contribution in [0, 0.1) is 0 Å². The molecule has 0 spiro atoms. The molecular weight excluding hydrogens is 300 g/mol. The fourth-order valence-electron chi connectivity index (χ4n) is 1.70. The molecule has 0 unspecified atom stereocenters. The summed E-state index contributed by atoms with van der Waals surface area (Å²) in [6, 6.07) is 6.13. The lowest BCUT2D eigenvalue weighted by molar-refractivity contribution is -0.274. The normalized spacial score (nSPS) is 12.3. The molecule has 0 bridgehead atoms. The van der Waals surface area contributed by atoms with E-state index in [-0.39, 0.29) is 5.56 Å². The average molecular weight is 307 g/mol. The Morgan fingerprint density at radius 3 is 2.24 bits per heavy atom. The van der Waals surface area contributed by atoms with Crippen LogP contribution in [0.4, 0.5) is 26.3 Å². The number of nitrogens with zero attached hydrogens (tertiary/aromatic N) is 1. The molecule has 0 atom stereocenters. The van der Waals surface area contributed by atoms with E-state index < -0.39 is 29.5 Å². The van der Waals surface area contributed by atoms with Crippen LogP contribution in [0.5, 0.6) is 5.75 Å². The smallest absolute Gasteiger partial charge is 0.406 e. The Labute approximate surface area is 115 Å². The highest BCUT2D eigenvalue weighted by atomic mass is 19.4. The minimum Gasteiger partial charge on any atom is -0.406 e. The molecule has 2 nitrogen and oxygen atoms in total. The molecule has 0 fully saturated rings. The van der Waals surface area contributed by atoms with E-state index >= 15 is 0 Å². The molecular formula is C13H7F6NO. The molecule has 1 heterocycles. The lowest BCUT2D eigenvalue weighted by Crippen LogP contribution is -2.17. The van der Waals surface area contributed by atoms with E-state index in [1.165, 1.54) is 6.07 Å². The van der Waals surface area contributed by atoms with Crippen molar-refractivity contribution in [2.24, 2.45) is 0 Å². The van der Waals surface area contributed by atoms with Gasteiger partial charge in [0.1, 0.15) is 5.75 Å². The first kappa shape index (κ1) is 15.1. The number of rotatable bonds is 2. The van der Waals surface area contributed by atoms with Crippen molar-refractivity contribution >= 4 is 0 Å². The van der Waals surface area contributed by atoms with Crippen molar-refractivity contribution in [1.29, 1.82) is 0 Å². The highest BCUT2D eigenvalue weighted by Gasteiger charge is 2.35. The third kappa shape index (κ3) is 3.87. The first-order chi connectivity index (χ1) is 9.67. The van der Waals surface area contributed by atoms with Crippen LogP contribution in [0.2, 0.25) is 0 Å². The summed E-state index contributed by atoms with van der Waals surface area (Å²) < 4.78 is 78.6. The zero-order valence-corrected chi connectivity index (χ0v) is 10.2. The molecule has 1 aromatic carbocycles. The predicted octanol–water partition coefficient (Wildman–Crippen LogP) is 4.67. The lowest BCUT2D eigenvalue weighted by atomic mass is 10.1. The average Bonchev–Trinajstić information content (AvgIpc) is 2.36. The van der Waals surface area contributed by atoms with Crippen molar-refractivity contribution in [2.75, 3.05) is 0 Å². The van der Waals surface area contributed by atoms with Gasteiger partial charge in [-0.2, -0.15) is 13.2 Å². The topological polar surface area (TPSA) is 22.1 Å². The molecule has 0 aliphatic carbocycles. The number of hydrogen-bond acceptors (Lipinski definition) is 2. The summed E-state index contributed by atoms with van der Waals surface area (Å²) in [5.74, 6) is -0.612. The largest absolute Gasteiger partial charge is 0.573 e. The van der Waals surface area contributed by atoms with Gasteiger partial charge in [-0.15, -0.1) is 13.2 Å². The summed E-state index contributed by atoms with van der Waals surface area (Å²) in [5, 5.41) is 0.